The topological polar surface area (TPSA) is 109 Å². The van der Waals surface area contributed by atoms with Crippen LogP contribution in [-0.4, -0.2) is 47.5 Å². The van der Waals surface area contributed by atoms with Crippen molar-refractivity contribution in [1.82, 2.24) is 15.0 Å². The molecule has 11 heteroatoms. The Morgan fingerprint density at radius 2 is 1.83 bits per heavy atom. The average Bonchev–Trinajstić information content (AvgIpc) is 3.60. The van der Waals surface area contributed by atoms with E-state index in [0.717, 1.165) is 20.1 Å². The molecule has 1 aliphatic rings. The number of rotatable bonds is 7. The maximum atomic E-state index is 11.0. The highest BCUT2D eigenvalue weighted by Gasteiger charge is 2.33. The van der Waals surface area contributed by atoms with Gasteiger partial charge in [0.25, 0.3) is 5.19 Å². The number of aromatic nitrogens is 3. The summed E-state index contributed by atoms with van der Waals surface area (Å²) in [5.41, 5.74) is 1.01. The van der Waals surface area contributed by atoms with Gasteiger partial charge in [0, 0.05) is 38.2 Å². The van der Waals surface area contributed by atoms with E-state index in [1.807, 2.05) is 36.4 Å². The van der Waals surface area contributed by atoms with E-state index in [-0.39, 0.29) is 6.61 Å². The average molecular weight is 526 g/mol. The summed E-state index contributed by atoms with van der Waals surface area (Å²) in [5.74, 6) is 1.84. The Labute approximate surface area is 214 Å². The number of methoxy groups -OCH3 is 2. The Bertz CT molecular complexity index is 1500. The van der Waals surface area contributed by atoms with Gasteiger partial charge in [-0.3, -0.25) is 4.98 Å². The molecule has 4 aromatic heterocycles. The molecule has 5 aromatic rings. The zero-order valence-electron chi connectivity index (χ0n) is 19.6. The molecule has 1 saturated heterocycles. The van der Waals surface area contributed by atoms with E-state index in [4.69, 9.17) is 23.4 Å². The fourth-order valence-electron chi connectivity index (χ4n) is 4.18. The Hall–Kier alpha value is -3.25. The van der Waals surface area contributed by atoms with E-state index < -0.39 is 5.60 Å². The molecule has 5 heterocycles. The summed E-state index contributed by atoms with van der Waals surface area (Å²) < 4.78 is 28.4. The number of hydrogen-bond acceptors (Lipinski definition) is 11. The largest absolute Gasteiger partial charge is 0.496 e. The van der Waals surface area contributed by atoms with Gasteiger partial charge in [-0.25, -0.2) is 4.98 Å². The second kappa shape index (κ2) is 9.32. The minimum Gasteiger partial charge on any atom is -0.496 e. The van der Waals surface area contributed by atoms with Crippen LogP contribution in [0.3, 0.4) is 0 Å². The zero-order valence-corrected chi connectivity index (χ0v) is 21.3. The third kappa shape index (κ3) is 4.28. The molecule has 0 atom stereocenters. The van der Waals surface area contributed by atoms with Gasteiger partial charge in [-0.05, 0) is 18.2 Å². The Morgan fingerprint density at radius 1 is 1.00 bits per heavy atom. The quantitative estimate of drug-likeness (QED) is 0.308. The van der Waals surface area contributed by atoms with Crippen molar-refractivity contribution in [2.45, 2.75) is 25.0 Å². The SMILES string of the molecule is COc1cc(OCc2cccc(C3(O)CCOCC3)n2)c2cc(-c3nc4sc(OC)nc4s3)oc2c1. The van der Waals surface area contributed by atoms with Crippen molar-refractivity contribution in [3.8, 4) is 27.5 Å². The van der Waals surface area contributed by atoms with Crippen LogP contribution in [0.15, 0.2) is 40.8 Å². The monoisotopic (exact) mass is 525 g/mol. The third-order valence-corrected chi connectivity index (χ3v) is 8.13. The van der Waals surface area contributed by atoms with E-state index in [2.05, 4.69) is 15.0 Å². The minimum absolute atomic E-state index is 0.222. The lowest BCUT2D eigenvalue weighted by Crippen LogP contribution is -2.34. The lowest BCUT2D eigenvalue weighted by atomic mass is 9.90. The van der Waals surface area contributed by atoms with Crippen LogP contribution in [0.2, 0.25) is 0 Å². The molecule has 1 N–H and O–H groups in total. The smallest absolute Gasteiger partial charge is 0.276 e. The molecule has 0 unspecified atom stereocenters. The van der Waals surface area contributed by atoms with Gasteiger partial charge in [0.2, 0.25) is 0 Å². The predicted molar refractivity (Wildman–Crippen MR) is 136 cm³/mol. The van der Waals surface area contributed by atoms with E-state index >= 15 is 0 Å². The first-order valence-corrected chi connectivity index (χ1v) is 13.0. The van der Waals surface area contributed by atoms with Gasteiger partial charge < -0.3 is 28.5 Å². The Balaban J connectivity index is 1.29. The van der Waals surface area contributed by atoms with Crippen LogP contribution in [0.4, 0.5) is 0 Å². The number of fused-ring (bicyclic) bond motifs is 2. The highest BCUT2D eigenvalue weighted by atomic mass is 32.1. The van der Waals surface area contributed by atoms with Crippen molar-refractivity contribution in [2.75, 3.05) is 27.4 Å². The molecule has 0 radical (unpaired) electrons. The molecule has 0 bridgehead atoms. The Kier molecular flexibility index (Phi) is 6.00. The second-order valence-corrected chi connectivity index (χ2v) is 10.3. The van der Waals surface area contributed by atoms with Crippen molar-refractivity contribution >= 4 is 43.3 Å². The van der Waals surface area contributed by atoms with Crippen LogP contribution in [0.5, 0.6) is 16.7 Å². The molecular weight excluding hydrogens is 502 g/mol. The van der Waals surface area contributed by atoms with Crippen LogP contribution in [-0.2, 0) is 16.9 Å². The summed E-state index contributed by atoms with van der Waals surface area (Å²) in [6, 6.07) is 11.2. The highest BCUT2D eigenvalue weighted by Crippen LogP contribution is 2.41. The molecule has 1 aliphatic heterocycles. The van der Waals surface area contributed by atoms with Crippen LogP contribution in [0, 0.1) is 0 Å². The van der Waals surface area contributed by atoms with Crippen molar-refractivity contribution in [2.24, 2.45) is 0 Å². The van der Waals surface area contributed by atoms with Gasteiger partial charge in [-0.2, -0.15) is 4.98 Å². The molecule has 1 fully saturated rings. The van der Waals surface area contributed by atoms with E-state index in [0.29, 0.717) is 65.5 Å². The maximum Gasteiger partial charge on any atom is 0.276 e. The molecule has 0 amide bonds. The lowest BCUT2D eigenvalue weighted by molar-refractivity contribution is -0.0706. The molecule has 0 spiro atoms. The van der Waals surface area contributed by atoms with Gasteiger partial charge in [0.1, 0.15) is 29.3 Å². The summed E-state index contributed by atoms with van der Waals surface area (Å²) in [4.78, 5) is 15.4. The summed E-state index contributed by atoms with van der Waals surface area (Å²) >= 11 is 2.84. The normalized spacial score (nSPS) is 15.4. The molecule has 0 aliphatic carbocycles. The first-order valence-electron chi connectivity index (χ1n) is 11.4. The van der Waals surface area contributed by atoms with Crippen molar-refractivity contribution in [3.05, 3.63) is 47.8 Å². The highest BCUT2D eigenvalue weighted by molar-refractivity contribution is 7.28. The number of pyridine rings is 1. The molecular formula is C25H23N3O6S2. The molecule has 186 valence electrons. The first kappa shape index (κ1) is 23.2. The number of aliphatic hydroxyl groups is 1. The molecule has 0 saturated carbocycles. The number of benzene rings is 1. The lowest BCUT2D eigenvalue weighted by Gasteiger charge is -2.31. The van der Waals surface area contributed by atoms with Crippen LogP contribution in [0.25, 0.3) is 31.4 Å². The van der Waals surface area contributed by atoms with Crippen molar-refractivity contribution in [3.63, 3.8) is 0 Å². The number of nitrogens with zero attached hydrogens (tertiary/aromatic N) is 3. The van der Waals surface area contributed by atoms with Gasteiger partial charge in [-0.1, -0.05) is 28.7 Å². The predicted octanol–water partition coefficient (Wildman–Crippen LogP) is 5.16. The number of thiazole rings is 2. The van der Waals surface area contributed by atoms with E-state index in [1.54, 1.807) is 14.2 Å². The van der Waals surface area contributed by atoms with Crippen LogP contribution < -0.4 is 14.2 Å². The maximum absolute atomic E-state index is 11.0. The standard InChI is InChI=1S/C25H23N3O6S2/c1-30-15-10-17(33-13-14-4-3-5-20(26-14)25(29)6-8-32-9-7-25)16-12-19(34-18(16)11-15)21-27-22-23(35-21)28-24(31-2)36-22/h3-5,10-12,29H,6-9,13H2,1-2H3. The van der Waals surface area contributed by atoms with Gasteiger partial charge in [0.15, 0.2) is 20.4 Å². The molecule has 6 rings (SSSR count). The number of furan rings is 1. The van der Waals surface area contributed by atoms with E-state index in [9.17, 15) is 5.11 Å². The van der Waals surface area contributed by atoms with Gasteiger partial charge >= 0.3 is 0 Å². The Morgan fingerprint density at radius 3 is 2.61 bits per heavy atom. The number of hydrogen-bond donors (Lipinski definition) is 1. The molecule has 36 heavy (non-hydrogen) atoms. The first-order chi connectivity index (χ1) is 17.5. The van der Waals surface area contributed by atoms with E-state index in [1.165, 1.54) is 22.7 Å². The van der Waals surface area contributed by atoms with Crippen molar-refractivity contribution in [1.29, 1.82) is 0 Å². The molecule has 9 nitrogen and oxygen atoms in total. The fraction of sp³-hybridized carbons (Fsp3) is 0.320. The zero-order chi connectivity index (χ0) is 24.7. The summed E-state index contributed by atoms with van der Waals surface area (Å²) in [6.45, 7) is 1.26. The summed E-state index contributed by atoms with van der Waals surface area (Å²) in [6.07, 6.45) is 1.05. The van der Waals surface area contributed by atoms with Gasteiger partial charge in [-0.15, -0.1) is 0 Å². The number of ether oxygens (including phenoxy) is 4. The van der Waals surface area contributed by atoms with Crippen LogP contribution >= 0.6 is 22.7 Å². The second-order valence-electron chi connectivity index (χ2n) is 8.41. The third-order valence-electron chi connectivity index (χ3n) is 6.13. The molecule has 1 aromatic carbocycles. The van der Waals surface area contributed by atoms with Crippen LogP contribution in [0.1, 0.15) is 24.2 Å². The van der Waals surface area contributed by atoms with Crippen molar-refractivity contribution < 1.29 is 28.5 Å². The summed E-state index contributed by atoms with van der Waals surface area (Å²) in [5, 5.41) is 13.1. The van der Waals surface area contributed by atoms with Gasteiger partial charge in [0.05, 0.1) is 31.0 Å². The summed E-state index contributed by atoms with van der Waals surface area (Å²) in [7, 11) is 3.19. The minimum atomic E-state index is -0.975. The fourth-order valence-corrected chi connectivity index (χ4v) is 5.98.